The molecule has 0 fully saturated rings. The Kier molecular flexibility index (Phi) is 3.82. The Hall–Kier alpha value is -0.280. The van der Waals surface area contributed by atoms with E-state index in [-0.39, 0.29) is 6.04 Å². The van der Waals surface area contributed by atoms with Gasteiger partial charge in [0.25, 0.3) is 0 Å². The zero-order chi connectivity index (χ0) is 8.97. The van der Waals surface area contributed by atoms with E-state index in [1.165, 1.54) is 0 Å². The number of halogens is 1. The molecule has 0 saturated carbocycles. The summed E-state index contributed by atoms with van der Waals surface area (Å²) in [4.78, 5) is 0. The Morgan fingerprint density at radius 2 is 2.42 bits per heavy atom. The first-order valence-corrected chi connectivity index (χ1v) is 5.01. The maximum Gasteiger partial charge on any atom is 0.134 e. The molecular weight excluding hydrogens is 218 g/mol. The number of rotatable bonds is 4. The lowest BCUT2D eigenvalue weighted by molar-refractivity contribution is 0.429. The third-order valence-corrected chi connectivity index (χ3v) is 2.39. The van der Waals surface area contributed by atoms with Gasteiger partial charge in [-0.15, -0.1) is 0 Å². The van der Waals surface area contributed by atoms with Crippen LogP contribution in [0.3, 0.4) is 0 Å². The van der Waals surface area contributed by atoms with Crippen LogP contribution in [0.15, 0.2) is 21.2 Å². The molecule has 1 aromatic heterocycles. The first-order valence-electron chi connectivity index (χ1n) is 4.22. The molecule has 68 valence electrons. The fourth-order valence-electron chi connectivity index (χ4n) is 1.07. The molecule has 0 aromatic carbocycles. The first kappa shape index (κ1) is 9.81. The van der Waals surface area contributed by atoms with Crippen molar-refractivity contribution in [1.82, 2.24) is 5.32 Å². The highest BCUT2D eigenvalue weighted by Crippen LogP contribution is 2.23. The fraction of sp³-hybridized carbons (Fsp3) is 0.556. The maximum absolute atomic E-state index is 5.31. The Labute approximate surface area is 81.5 Å². The van der Waals surface area contributed by atoms with Gasteiger partial charge in [-0.1, -0.05) is 6.92 Å². The predicted molar refractivity (Wildman–Crippen MR) is 53.1 cm³/mol. The van der Waals surface area contributed by atoms with Crippen LogP contribution in [0.2, 0.25) is 0 Å². The summed E-state index contributed by atoms with van der Waals surface area (Å²) >= 11 is 3.43. The van der Waals surface area contributed by atoms with E-state index in [1.54, 1.807) is 6.26 Å². The molecule has 1 aromatic rings. The van der Waals surface area contributed by atoms with Crippen LogP contribution in [-0.4, -0.2) is 6.54 Å². The van der Waals surface area contributed by atoms with Gasteiger partial charge in [-0.05, 0) is 41.9 Å². The number of furan rings is 1. The lowest BCUT2D eigenvalue weighted by atomic mass is 10.2. The summed E-state index contributed by atoms with van der Waals surface area (Å²) in [5.74, 6) is 0.975. The molecular formula is C9H14BrNO. The van der Waals surface area contributed by atoms with Gasteiger partial charge in [0, 0.05) is 0 Å². The smallest absolute Gasteiger partial charge is 0.134 e. The van der Waals surface area contributed by atoms with Crippen molar-refractivity contribution >= 4 is 15.9 Å². The number of hydrogen-bond donors (Lipinski definition) is 1. The van der Waals surface area contributed by atoms with Crippen LogP contribution >= 0.6 is 15.9 Å². The van der Waals surface area contributed by atoms with Crippen molar-refractivity contribution < 1.29 is 4.42 Å². The van der Waals surface area contributed by atoms with Crippen LogP contribution in [0, 0.1) is 0 Å². The molecule has 0 aliphatic rings. The van der Waals surface area contributed by atoms with E-state index in [0.717, 1.165) is 23.2 Å². The molecule has 12 heavy (non-hydrogen) atoms. The minimum absolute atomic E-state index is 0.286. The highest BCUT2D eigenvalue weighted by molar-refractivity contribution is 9.10. The Bertz CT molecular complexity index is 234. The van der Waals surface area contributed by atoms with Gasteiger partial charge >= 0.3 is 0 Å². The van der Waals surface area contributed by atoms with E-state index in [0.29, 0.717) is 0 Å². The fourth-order valence-corrected chi connectivity index (χ4v) is 1.61. The Balaban J connectivity index is 2.52. The van der Waals surface area contributed by atoms with Crippen LogP contribution in [0.1, 0.15) is 32.1 Å². The standard InChI is InChI=1S/C9H14BrNO/c1-3-5-11-7(2)9-8(10)4-6-12-9/h4,6-7,11H,3,5H2,1-2H3. The van der Waals surface area contributed by atoms with Gasteiger partial charge in [-0.2, -0.15) is 0 Å². The van der Waals surface area contributed by atoms with Gasteiger partial charge in [0.1, 0.15) is 5.76 Å². The van der Waals surface area contributed by atoms with E-state index in [2.05, 4.69) is 35.1 Å². The van der Waals surface area contributed by atoms with Crippen LogP contribution in [0.5, 0.6) is 0 Å². The maximum atomic E-state index is 5.31. The lowest BCUT2D eigenvalue weighted by Crippen LogP contribution is -2.18. The van der Waals surface area contributed by atoms with Gasteiger partial charge in [-0.25, -0.2) is 0 Å². The molecule has 3 heteroatoms. The minimum atomic E-state index is 0.286. The van der Waals surface area contributed by atoms with Gasteiger partial charge < -0.3 is 9.73 Å². The highest BCUT2D eigenvalue weighted by Gasteiger charge is 2.10. The summed E-state index contributed by atoms with van der Waals surface area (Å²) in [5, 5.41) is 3.35. The van der Waals surface area contributed by atoms with Crippen molar-refractivity contribution in [2.45, 2.75) is 26.3 Å². The van der Waals surface area contributed by atoms with Gasteiger partial charge in [0.05, 0.1) is 16.8 Å². The average Bonchev–Trinajstić information content (AvgIpc) is 2.47. The first-order chi connectivity index (χ1) is 5.75. The topological polar surface area (TPSA) is 25.2 Å². The van der Waals surface area contributed by atoms with E-state index >= 15 is 0 Å². The van der Waals surface area contributed by atoms with Crippen LogP contribution in [0.25, 0.3) is 0 Å². The largest absolute Gasteiger partial charge is 0.466 e. The monoisotopic (exact) mass is 231 g/mol. The zero-order valence-electron chi connectivity index (χ0n) is 7.43. The third-order valence-electron chi connectivity index (χ3n) is 1.74. The van der Waals surface area contributed by atoms with Crippen LogP contribution < -0.4 is 5.32 Å². The van der Waals surface area contributed by atoms with Gasteiger partial charge in [-0.3, -0.25) is 0 Å². The van der Waals surface area contributed by atoms with Crippen molar-refractivity contribution in [2.75, 3.05) is 6.54 Å². The van der Waals surface area contributed by atoms with Crippen LogP contribution in [0.4, 0.5) is 0 Å². The Morgan fingerprint density at radius 1 is 1.67 bits per heavy atom. The third kappa shape index (κ3) is 2.35. The SMILES string of the molecule is CCCNC(C)c1occc1Br. The second-order valence-corrected chi connectivity index (χ2v) is 3.66. The van der Waals surface area contributed by atoms with Gasteiger partial charge in [0.2, 0.25) is 0 Å². The molecule has 1 unspecified atom stereocenters. The normalized spacial score (nSPS) is 13.2. The van der Waals surface area contributed by atoms with Gasteiger partial charge in [0.15, 0.2) is 0 Å². The summed E-state index contributed by atoms with van der Waals surface area (Å²) in [7, 11) is 0. The molecule has 0 aliphatic carbocycles. The molecule has 2 nitrogen and oxygen atoms in total. The molecule has 1 heterocycles. The zero-order valence-corrected chi connectivity index (χ0v) is 9.02. The summed E-state index contributed by atoms with van der Waals surface area (Å²) in [6.07, 6.45) is 2.84. The van der Waals surface area contributed by atoms with Crippen molar-refractivity contribution in [1.29, 1.82) is 0 Å². The van der Waals surface area contributed by atoms with E-state index in [1.807, 2.05) is 6.07 Å². The summed E-state index contributed by atoms with van der Waals surface area (Å²) < 4.78 is 6.35. The molecule has 1 N–H and O–H groups in total. The van der Waals surface area contributed by atoms with E-state index in [9.17, 15) is 0 Å². The van der Waals surface area contributed by atoms with Crippen molar-refractivity contribution in [3.63, 3.8) is 0 Å². The second-order valence-electron chi connectivity index (χ2n) is 2.81. The average molecular weight is 232 g/mol. The molecule has 1 atom stereocenters. The molecule has 0 bridgehead atoms. The van der Waals surface area contributed by atoms with E-state index < -0.39 is 0 Å². The van der Waals surface area contributed by atoms with Crippen molar-refractivity contribution in [3.8, 4) is 0 Å². The molecule has 1 rings (SSSR count). The summed E-state index contributed by atoms with van der Waals surface area (Å²) in [6, 6.07) is 2.20. The predicted octanol–water partition coefficient (Wildman–Crippen LogP) is 3.10. The Morgan fingerprint density at radius 3 is 2.92 bits per heavy atom. The summed E-state index contributed by atoms with van der Waals surface area (Å²) in [6.45, 7) is 5.27. The molecule has 0 aliphatic heterocycles. The highest BCUT2D eigenvalue weighted by atomic mass is 79.9. The number of nitrogens with one attached hydrogen (secondary N) is 1. The molecule has 0 saturated heterocycles. The minimum Gasteiger partial charge on any atom is -0.466 e. The van der Waals surface area contributed by atoms with Crippen molar-refractivity contribution in [2.24, 2.45) is 0 Å². The molecule has 0 amide bonds. The number of hydrogen-bond acceptors (Lipinski definition) is 2. The lowest BCUT2D eigenvalue weighted by Gasteiger charge is -2.10. The molecule has 0 spiro atoms. The quantitative estimate of drug-likeness (QED) is 0.862. The van der Waals surface area contributed by atoms with Crippen molar-refractivity contribution in [3.05, 3.63) is 22.6 Å². The second kappa shape index (κ2) is 4.67. The van der Waals surface area contributed by atoms with Crippen LogP contribution in [-0.2, 0) is 0 Å². The summed E-state index contributed by atoms with van der Waals surface area (Å²) in [5.41, 5.74) is 0. The molecule has 0 radical (unpaired) electrons. The van der Waals surface area contributed by atoms with E-state index in [4.69, 9.17) is 4.42 Å².